The molecule has 0 bridgehead atoms. The standard InChI is InChI=1S/C19H22F3N3O4/c1-2-12-7-9-18(10-8-12)16(27)25(17(28)24-18)11-15(26)23-13-3-5-14(6-4-13)29-19(20,21)22/h3-6,12H,2,7-11H2,1H3,(H,23,26)(H,24,28). The Morgan fingerprint density at radius 3 is 2.41 bits per heavy atom. The van der Waals surface area contributed by atoms with E-state index < -0.39 is 42.0 Å². The van der Waals surface area contributed by atoms with Crippen LogP contribution < -0.4 is 15.4 Å². The molecule has 1 saturated carbocycles. The largest absolute Gasteiger partial charge is 0.573 e. The van der Waals surface area contributed by atoms with Crippen LogP contribution in [0.1, 0.15) is 39.0 Å². The molecule has 3 rings (SSSR count). The average molecular weight is 413 g/mol. The van der Waals surface area contributed by atoms with Gasteiger partial charge in [0.05, 0.1) is 0 Å². The van der Waals surface area contributed by atoms with E-state index in [1.807, 2.05) is 0 Å². The lowest BCUT2D eigenvalue weighted by atomic mass is 9.75. The number of amides is 4. The molecule has 1 aliphatic heterocycles. The lowest BCUT2D eigenvalue weighted by molar-refractivity contribution is -0.274. The lowest BCUT2D eigenvalue weighted by Gasteiger charge is -2.34. The van der Waals surface area contributed by atoms with Gasteiger partial charge >= 0.3 is 12.4 Å². The van der Waals surface area contributed by atoms with Crippen molar-refractivity contribution in [3.05, 3.63) is 24.3 Å². The van der Waals surface area contributed by atoms with Crippen LogP contribution in [0.25, 0.3) is 0 Å². The van der Waals surface area contributed by atoms with Gasteiger partial charge < -0.3 is 15.4 Å². The highest BCUT2D eigenvalue weighted by Crippen LogP contribution is 2.37. The summed E-state index contributed by atoms with van der Waals surface area (Å²) in [5.41, 5.74) is -0.714. The van der Waals surface area contributed by atoms with Crippen molar-refractivity contribution >= 4 is 23.5 Å². The van der Waals surface area contributed by atoms with Gasteiger partial charge in [0.2, 0.25) is 5.91 Å². The fraction of sp³-hybridized carbons (Fsp3) is 0.526. The summed E-state index contributed by atoms with van der Waals surface area (Å²) in [6.45, 7) is 1.63. The molecule has 0 aromatic heterocycles. The lowest BCUT2D eigenvalue weighted by Crippen LogP contribution is -2.49. The third kappa shape index (κ3) is 4.80. The van der Waals surface area contributed by atoms with Gasteiger partial charge in [0.15, 0.2) is 0 Å². The van der Waals surface area contributed by atoms with Gasteiger partial charge in [-0.1, -0.05) is 13.3 Å². The molecule has 0 radical (unpaired) electrons. The molecule has 2 N–H and O–H groups in total. The van der Waals surface area contributed by atoms with Crippen molar-refractivity contribution in [2.45, 2.75) is 50.9 Å². The van der Waals surface area contributed by atoms with Gasteiger partial charge in [0.1, 0.15) is 17.8 Å². The van der Waals surface area contributed by atoms with Gasteiger partial charge in [-0.15, -0.1) is 13.2 Å². The van der Waals surface area contributed by atoms with Crippen molar-refractivity contribution < 1.29 is 32.3 Å². The highest BCUT2D eigenvalue weighted by molar-refractivity contribution is 6.10. The fourth-order valence-electron chi connectivity index (χ4n) is 3.82. The van der Waals surface area contributed by atoms with E-state index in [0.29, 0.717) is 18.8 Å². The van der Waals surface area contributed by atoms with Crippen LogP contribution in [-0.2, 0) is 9.59 Å². The van der Waals surface area contributed by atoms with E-state index in [2.05, 4.69) is 22.3 Å². The van der Waals surface area contributed by atoms with Crippen LogP contribution in [0.4, 0.5) is 23.7 Å². The predicted octanol–water partition coefficient (Wildman–Crippen LogP) is 3.41. The second kappa shape index (κ2) is 7.92. The van der Waals surface area contributed by atoms with Gasteiger partial charge in [0.25, 0.3) is 5.91 Å². The summed E-state index contributed by atoms with van der Waals surface area (Å²) < 4.78 is 40.3. The van der Waals surface area contributed by atoms with E-state index in [9.17, 15) is 27.6 Å². The first kappa shape index (κ1) is 20.9. The number of hydrogen-bond acceptors (Lipinski definition) is 4. The molecule has 2 fully saturated rings. The maximum Gasteiger partial charge on any atom is 0.573 e. The smallest absolute Gasteiger partial charge is 0.406 e. The highest BCUT2D eigenvalue weighted by Gasteiger charge is 2.52. The summed E-state index contributed by atoms with van der Waals surface area (Å²) in [4.78, 5) is 38.2. The molecule has 1 heterocycles. The van der Waals surface area contributed by atoms with Crippen molar-refractivity contribution in [2.75, 3.05) is 11.9 Å². The number of anilines is 1. The van der Waals surface area contributed by atoms with Crippen LogP contribution >= 0.6 is 0 Å². The maximum atomic E-state index is 12.8. The number of carbonyl (C=O) groups excluding carboxylic acids is 3. The van der Waals surface area contributed by atoms with Crippen LogP contribution in [0.15, 0.2) is 24.3 Å². The summed E-state index contributed by atoms with van der Waals surface area (Å²) in [7, 11) is 0. The maximum absolute atomic E-state index is 12.8. The van der Waals surface area contributed by atoms with E-state index >= 15 is 0 Å². The van der Waals surface area contributed by atoms with Crippen LogP contribution in [0.3, 0.4) is 0 Å². The molecule has 1 spiro atoms. The number of halogens is 3. The summed E-state index contributed by atoms with van der Waals surface area (Å²) in [6, 6.07) is 3.97. The molecule has 2 aliphatic rings. The summed E-state index contributed by atoms with van der Waals surface area (Å²) in [5.74, 6) is -0.917. The minimum Gasteiger partial charge on any atom is -0.406 e. The third-order valence-electron chi connectivity index (χ3n) is 5.46. The topological polar surface area (TPSA) is 87.7 Å². The molecule has 7 nitrogen and oxygen atoms in total. The van der Waals surface area contributed by atoms with Crippen LogP contribution in [-0.4, -0.2) is 41.2 Å². The van der Waals surface area contributed by atoms with Crippen LogP contribution in [0.2, 0.25) is 0 Å². The molecule has 4 amide bonds. The number of urea groups is 1. The Morgan fingerprint density at radius 1 is 1.24 bits per heavy atom. The van der Waals surface area contributed by atoms with Crippen molar-refractivity contribution in [3.8, 4) is 5.75 Å². The molecule has 0 atom stereocenters. The molecular weight excluding hydrogens is 391 g/mol. The molecule has 1 aliphatic carbocycles. The van der Waals surface area contributed by atoms with Crippen molar-refractivity contribution in [1.82, 2.24) is 10.2 Å². The summed E-state index contributed by atoms with van der Waals surface area (Å²) in [6.07, 6.45) is -0.995. The quantitative estimate of drug-likeness (QED) is 0.725. The molecule has 0 unspecified atom stereocenters. The van der Waals surface area contributed by atoms with Gasteiger partial charge in [-0.25, -0.2) is 4.79 Å². The Labute approximate surface area is 165 Å². The summed E-state index contributed by atoms with van der Waals surface area (Å²) >= 11 is 0. The first-order chi connectivity index (χ1) is 13.6. The van der Waals surface area contributed by atoms with Gasteiger partial charge in [-0.05, 0) is 55.9 Å². The monoisotopic (exact) mass is 413 g/mol. The van der Waals surface area contributed by atoms with Gasteiger partial charge in [0, 0.05) is 5.69 Å². The van der Waals surface area contributed by atoms with E-state index in [1.165, 1.54) is 12.1 Å². The number of imide groups is 1. The second-order valence-corrected chi connectivity index (χ2v) is 7.38. The molecule has 1 saturated heterocycles. The van der Waals surface area contributed by atoms with E-state index in [-0.39, 0.29) is 5.69 Å². The van der Waals surface area contributed by atoms with E-state index in [1.54, 1.807) is 0 Å². The SMILES string of the molecule is CCC1CCC2(CC1)NC(=O)N(CC(=O)Nc1ccc(OC(F)(F)F)cc1)C2=O. The van der Waals surface area contributed by atoms with Crippen molar-refractivity contribution in [1.29, 1.82) is 0 Å². The predicted molar refractivity (Wildman–Crippen MR) is 97.0 cm³/mol. The number of carbonyl (C=O) groups is 3. The molecule has 29 heavy (non-hydrogen) atoms. The zero-order valence-electron chi connectivity index (χ0n) is 15.8. The Balaban J connectivity index is 1.58. The van der Waals surface area contributed by atoms with E-state index in [0.717, 1.165) is 36.3 Å². The van der Waals surface area contributed by atoms with E-state index in [4.69, 9.17) is 0 Å². The average Bonchev–Trinajstić information content (AvgIpc) is 2.87. The zero-order chi connectivity index (χ0) is 21.2. The van der Waals surface area contributed by atoms with Crippen LogP contribution in [0, 0.1) is 5.92 Å². The third-order valence-corrected chi connectivity index (χ3v) is 5.46. The Kier molecular flexibility index (Phi) is 5.72. The Morgan fingerprint density at radius 2 is 1.86 bits per heavy atom. The number of alkyl halides is 3. The Bertz CT molecular complexity index is 787. The minimum absolute atomic E-state index is 0.217. The Hall–Kier alpha value is -2.78. The summed E-state index contributed by atoms with van der Waals surface area (Å²) in [5, 5.41) is 5.20. The minimum atomic E-state index is -4.81. The first-order valence-corrected chi connectivity index (χ1v) is 9.41. The molecular formula is C19H22F3N3O4. The van der Waals surface area contributed by atoms with Gasteiger partial charge in [-0.2, -0.15) is 0 Å². The molecule has 1 aromatic carbocycles. The number of nitrogens with one attached hydrogen (secondary N) is 2. The van der Waals surface area contributed by atoms with Gasteiger partial charge in [-0.3, -0.25) is 14.5 Å². The molecule has 1 aromatic rings. The second-order valence-electron chi connectivity index (χ2n) is 7.38. The molecule has 10 heteroatoms. The number of hydrogen-bond donors (Lipinski definition) is 2. The molecule has 158 valence electrons. The number of rotatable bonds is 5. The van der Waals surface area contributed by atoms with Crippen molar-refractivity contribution in [3.63, 3.8) is 0 Å². The van der Waals surface area contributed by atoms with Crippen molar-refractivity contribution in [2.24, 2.45) is 5.92 Å². The first-order valence-electron chi connectivity index (χ1n) is 9.41. The fourth-order valence-corrected chi connectivity index (χ4v) is 3.82. The number of ether oxygens (including phenoxy) is 1. The number of benzene rings is 1. The number of nitrogens with zero attached hydrogens (tertiary/aromatic N) is 1. The highest BCUT2D eigenvalue weighted by atomic mass is 19.4. The van der Waals surface area contributed by atoms with Crippen LogP contribution in [0.5, 0.6) is 5.75 Å². The normalized spacial score (nSPS) is 24.6. The zero-order valence-corrected chi connectivity index (χ0v) is 15.8.